The quantitative estimate of drug-likeness (QED) is 0.115. The molecule has 0 fully saturated rings. The van der Waals surface area contributed by atoms with Crippen molar-refractivity contribution in [2.24, 2.45) is 0 Å². The van der Waals surface area contributed by atoms with E-state index in [0.29, 0.717) is 11.8 Å². The van der Waals surface area contributed by atoms with Gasteiger partial charge in [-0.1, -0.05) is 199 Å². The standard InChI is InChI=1S/C58H54BN/c1-7-43(46-29-31-48(32-30-46)52-22-16-24-55-56(52)53-21-14-15-23-54(53)60(55)51-19-12-9-13-20-51)33-38(2)44-25-27-47(28-26-44)50-36-41(5)58(42(6)37-50)59-57-39(3)34-49(35-40(57)4)45-17-10-8-11-18-45/h8-32,34-38,43,59H,7,33H2,1-6H3. The predicted octanol–water partition coefficient (Wildman–Crippen LogP) is 14.1. The fourth-order valence-electron chi connectivity index (χ4n) is 9.84. The number of rotatable bonds is 11. The summed E-state index contributed by atoms with van der Waals surface area (Å²) in [6.07, 6.45) is 2.23. The van der Waals surface area contributed by atoms with Crippen LogP contribution in [-0.4, -0.2) is 11.8 Å². The lowest BCUT2D eigenvalue weighted by molar-refractivity contribution is 0.544. The van der Waals surface area contributed by atoms with E-state index in [-0.39, 0.29) is 0 Å². The third-order valence-corrected chi connectivity index (χ3v) is 13.2. The Morgan fingerprint density at radius 3 is 1.57 bits per heavy atom. The van der Waals surface area contributed by atoms with Gasteiger partial charge in [-0.3, -0.25) is 0 Å². The SMILES string of the molecule is CCC(CC(C)c1ccc(-c2cc(C)c(Bc3c(C)cc(-c4ccccc4)cc3C)c(C)c2)cc1)c1ccc(-c2cccc3c2c2ccccc2n3-c2ccccc2)cc1. The maximum atomic E-state index is 2.40. The van der Waals surface area contributed by atoms with Crippen LogP contribution in [0.4, 0.5) is 0 Å². The minimum atomic E-state index is 0.451. The van der Waals surface area contributed by atoms with Crippen molar-refractivity contribution in [1.29, 1.82) is 0 Å². The summed E-state index contributed by atoms with van der Waals surface area (Å²) in [4.78, 5) is 0. The van der Waals surface area contributed by atoms with E-state index in [1.54, 1.807) is 0 Å². The van der Waals surface area contributed by atoms with Gasteiger partial charge in [0.25, 0.3) is 0 Å². The number of aryl methyl sites for hydroxylation is 4. The van der Waals surface area contributed by atoms with Crippen LogP contribution >= 0.6 is 0 Å². The summed E-state index contributed by atoms with van der Waals surface area (Å²) in [6, 6.07) is 65.3. The molecule has 2 heteroatoms. The van der Waals surface area contributed by atoms with E-state index < -0.39 is 0 Å². The van der Waals surface area contributed by atoms with Crippen molar-refractivity contribution in [1.82, 2.24) is 4.57 Å². The number of aromatic nitrogens is 1. The third kappa shape index (κ3) is 7.52. The van der Waals surface area contributed by atoms with Crippen LogP contribution in [0.5, 0.6) is 0 Å². The lowest BCUT2D eigenvalue weighted by atomic mass is 9.58. The average molecular weight is 776 g/mol. The highest BCUT2D eigenvalue weighted by Gasteiger charge is 2.19. The van der Waals surface area contributed by atoms with Crippen molar-refractivity contribution in [2.75, 3.05) is 0 Å². The molecule has 2 unspecified atom stereocenters. The zero-order valence-electron chi connectivity index (χ0n) is 36.0. The summed E-state index contributed by atoms with van der Waals surface area (Å²) >= 11 is 0. The molecule has 8 aromatic carbocycles. The maximum absolute atomic E-state index is 2.40. The molecule has 9 rings (SSSR count). The van der Waals surface area contributed by atoms with Crippen LogP contribution < -0.4 is 10.9 Å². The van der Waals surface area contributed by atoms with E-state index in [0.717, 1.165) is 20.1 Å². The molecule has 9 aromatic rings. The lowest BCUT2D eigenvalue weighted by Crippen LogP contribution is -2.34. The highest BCUT2D eigenvalue weighted by atomic mass is 15.0. The van der Waals surface area contributed by atoms with Gasteiger partial charge in [-0.15, -0.1) is 0 Å². The number of nitrogens with zero attached hydrogens (tertiary/aromatic N) is 1. The minimum absolute atomic E-state index is 0.451. The number of hydrogen-bond acceptors (Lipinski definition) is 0. The normalized spacial score (nSPS) is 12.5. The van der Waals surface area contributed by atoms with Crippen LogP contribution in [0.3, 0.4) is 0 Å². The van der Waals surface area contributed by atoms with Crippen LogP contribution in [0.15, 0.2) is 176 Å². The second-order valence-electron chi connectivity index (χ2n) is 17.1. The van der Waals surface area contributed by atoms with Crippen molar-refractivity contribution in [3.63, 3.8) is 0 Å². The number of para-hydroxylation sites is 2. The highest BCUT2D eigenvalue weighted by molar-refractivity contribution is 6.69. The van der Waals surface area contributed by atoms with E-state index in [4.69, 9.17) is 0 Å². The van der Waals surface area contributed by atoms with Gasteiger partial charge in [0, 0.05) is 16.5 Å². The first-order chi connectivity index (χ1) is 29.3. The first-order valence-electron chi connectivity index (χ1n) is 21.8. The summed E-state index contributed by atoms with van der Waals surface area (Å²) in [5, 5.41) is 2.60. The number of hydrogen-bond donors (Lipinski definition) is 0. The second kappa shape index (κ2) is 16.7. The van der Waals surface area contributed by atoms with Gasteiger partial charge in [0.15, 0.2) is 7.28 Å². The predicted molar refractivity (Wildman–Crippen MR) is 261 cm³/mol. The Bertz CT molecular complexity index is 2890. The van der Waals surface area contributed by atoms with Gasteiger partial charge >= 0.3 is 0 Å². The van der Waals surface area contributed by atoms with Crippen LogP contribution in [-0.2, 0) is 0 Å². The minimum Gasteiger partial charge on any atom is -0.309 e. The Balaban J connectivity index is 0.908. The molecule has 0 bridgehead atoms. The zero-order valence-corrected chi connectivity index (χ0v) is 36.0. The van der Waals surface area contributed by atoms with Crippen LogP contribution in [0, 0.1) is 27.7 Å². The van der Waals surface area contributed by atoms with Crippen molar-refractivity contribution < 1.29 is 0 Å². The molecule has 60 heavy (non-hydrogen) atoms. The molecular weight excluding hydrogens is 721 g/mol. The van der Waals surface area contributed by atoms with E-state index in [1.807, 2.05) is 0 Å². The van der Waals surface area contributed by atoms with Gasteiger partial charge < -0.3 is 4.57 Å². The van der Waals surface area contributed by atoms with Gasteiger partial charge in [0.05, 0.1) is 11.0 Å². The molecule has 0 radical (unpaired) electrons. The summed E-state index contributed by atoms with van der Waals surface area (Å²) in [6.45, 7) is 13.8. The van der Waals surface area contributed by atoms with E-state index >= 15 is 0 Å². The first-order valence-corrected chi connectivity index (χ1v) is 21.8. The van der Waals surface area contributed by atoms with Gasteiger partial charge in [0.2, 0.25) is 0 Å². The second-order valence-corrected chi connectivity index (χ2v) is 17.1. The first kappa shape index (κ1) is 39.1. The van der Waals surface area contributed by atoms with Gasteiger partial charge in [-0.25, -0.2) is 0 Å². The van der Waals surface area contributed by atoms with Crippen molar-refractivity contribution in [3.05, 3.63) is 209 Å². The molecule has 1 heterocycles. The summed E-state index contributed by atoms with van der Waals surface area (Å²) in [5.41, 5.74) is 22.5. The molecule has 1 nitrogen and oxygen atoms in total. The van der Waals surface area contributed by atoms with Crippen molar-refractivity contribution >= 4 is 40.0 Å². The average Bonchev–Trinajstić information content (AvgIpc) is 3.63. The Labute approximate surface area is 357 Å². The topological polar surface area (TPSA) is 4.93 Å². The molecule has 0 amide bonds. The highest BCUT2D eigenvalue weighted by Crippen LogP contribution is 2.40. The number of benzene rings is 8. The Kier molecular flexibility index (Phi) is 10.9. The Morgan fingerprint density at radius 1 is 0.467 bits per heavy atom. The fraction of sp³-hybridized carbons (Fsp3) is 0.172. The molecule has 0 aliphatic carbocycles. The molecule has 0 saturated carbocycles. The van der Waals surface area contributed by atoms with Gasteiger partial charge in [-0.05, 0) is 121 Å². The van der Waals surface area contributed by atoms with Gasteiger partial charge in [0.1, 0.15) is 0 Å². The summed E-state index contributed by atoms with van der Waals surface area (Å²) in [7, 11) is 0.957. The molecule has 0 saturated heterocycles. The number of fused-ring (bicyclic) bond motifs is 3. The third-order valence-electron chi connectivity index (χ3n) is 13.2. The van der Waals surface area contributed by atoms with E-state index in [1.165, 1.54) is 105 Å². The molecule has 2 atom stereocenters. The van der Waals surface area contributed by atoms with Crippen LogP contribution in [0.25, 0.3) is 60.9 Å². The van der Waals surface area contributed by atoms with Crippen molar-refractivity contribution in [2.45, 2.75) is 66.2 Å². The fourth-order valence-corrected chi connectivity index (χ4v) is 9.84. The monoisotopic (exact) mass is 775 g/mol. The molecule has 294 valence electrons. The molecule has 0 aliphatic rings. The zero-order chi connectivity index (χ0) is 41.3. The summed E-state index contributed by atoms with van der Waals surface area (Å²) < 4.78 is 2.40. The van der Waals surface area contributed by atoms with E-state index in [2.05, 4.69) is 222 Å². The van der Waals surface area contributed by atoms with Gasteiger partial charge in [-0.2, -0.15) is 0 Å². The Hall–Kier alpha value is -6.38. The molecular formula is C58H54BN. The molecule has 0 aliphatic heterocycles. The molecule has 1 aromatic heterocycles. The summed E-state index contributed by atoms with van der Waals surface area (Å²) in [5.74, 6) is 0.941. The Morgan fingerprint density at radius 2 is 0.967 bits per heavy atom. The molecule has 0 spiro atoms. The largest absolute Gasteiger partial charge is 0.309 e. The molecule has 0 N–H and O–H groups in total. The smallest absolute Gasteiger partial charge is 0.193 e. The van der Waals surface area contributed by atoms with Crippen LogP contribution in [0.2, 0.25) is 0 Å². The maximum Gasteiger partial charge on any atom is 0.193 e. The van der Waals surface area contributed by atoms with Crippen LogP contribution in [0.1, 0.15) is 71.9 Å². The van der Waals surface area contributed by atoms with E-state index in [9.17, 15) is 0 Å². The lowest BCUT2D eigenvalue weighted by Gasteiger charge is -2.21. The van der Waals surface area contributed by atoms with Crippen molar-refractivity contribution in [3.8, 4) is 39.1 Å².